The van der Waals surface area contributed by atoms with Crippen LogP contribution < -0.4 is 10.2 Å². The van der Waals surface area contributed by atoms with Gasteiger partial charge in [-0.1, -0.05) is 26.0 Å². The van der Waals surface area contributed by atoms with Gasteiger partial charge in [0.1, 0.15) is 0 Å². The van der Waals surface area contributed by atoms with E-state index >= 15 is 0 Å². The molecule has 6 heteroatoms. The smallest absolute Gasteiger partial charge is 0.224 e. The van der Waals surface area contributed by atoms with Crippen molar-refractivity contribution in [3.8, 4) is 0 Å². The summed E-state index contributed by atoms with van der Waals surface area (Å²) in [5.41, 5.74) is 3.05. The van der Waals surface area contributed by atoms with Gasteiger partial charge < -0.3 is 15.0 Å². The van der Waals surface area contributed by atoms with Crippen molar-refractivity contribution >= 4 is 28.6 Å². The Morgan fingerprint density at radius 3 is 2.80 bits per heavy atom. The SMILES string of the molecule is CC(C)c1csc(CCC(=O)Nc2ccccc2N2CCOCC2)n1. The number of benzene rings is 1. The molecule has 1 aliphatic rings. The molecule has 0 unspecified atom stereocenters. The zero-order chi connectivity index (χ0) is 17.6. The minimum atomic E-state index is 0.0296. The van der Waals surface area contributed by atoms with Crippen molar-refractivity contribution in [2.24, 2.45) is 0 Å². The van der Waals surface area contributed by atoms with Crippen LogP contribution in [0.3, 0.4) is 0 Å². The van der Waals surface area contributed by atoms with Gasteiger partial charge in [0.2, 0.25) is 5.91 Å². The number of morpholine rings is 1. The maximum absolute atomic E-state index is 12.4. The quantitative estimate of drug-likeness (QED) is 0.855. The second-order valence-electron chi connectivity index (χ2n) is 6.49. The molecule has 1 aromatic heterocycles. The Kier molecular flexibility index (Phi) is 6.04. The number of hydrogen-bond acceptors (Lipinski definition) is 5. The van der Waals surface area contributed by atoms with Crippen LogP contribution in [0.25, 0.3) is 0 Å². The van der Waals surface area contributed by atoms with Crippen molar-refractivity contribution in [2.75, 3.05) is 36.5 Å². The van der Waals surface area contributed by atoms with Crippen molar-refractivity contribution in [1.29, 1.82) is 0 Å². The number of rotatable bonds is 6. The van der Waals surface area contributed by atoms with Gasteiger partial charge in [-0.25, -0.2) is 4.98 Å². The molecular formula is C19H25N3O2S. The molecule has 0 saturated carbocycles. The van der Waals surface area contributed by atoms with Crippen LogP contribution in [-0.2, 0) is 16.0 Å². The van der Waals surface area contributed by atoms with Crippen LogP contribution in [0.1, 0.15) is 36.9 Å². The second kappa shape index (κ2) is 8.45. The Labute approximate surface area is 153 Å². The molecule has 1 aromatic carbocycles. The lowest BCUT2D eigenvalue weighted by molar-refractivity contribution is -0.116. The number of para-hydroxylation sites is 2. The van der Waals surface area contributed by atoms with E-state index in [4.69, 9.17) is 4.74 Å². The normalized spacial score (nSPS) is 14.8. The summed E-state index contributed by atoms with van der Waals surface area (Å²) in [6.45, 7) is 7.42. The first-order chi connectivity index (χ1) is 12.1. The minimum Gasteiger partial charge on any atom is -0.378 e. The number of aryl methyl sites for hydroxylation is 1. The molecule has 5 nitrogen and oxygen atoms in total. The van der Waals surface area contributed by atoms with Crippen LogP contribution in [0, 0.1) is 0 Å². The third-order valence-electron chi connectivity index (χ3n) is 4.26. The first kappa shape index (κ1) is 17.9. The molecule has 25 heavy (non-hydrogen) atoms. The highest BCUT2D eigenvalue weighted by atomic mass is 32.1. The van der Waals surface area contributed by atoms with Gasteiger partial charge in [-0.05, 0) is 18.1 Å². The van der Waals surface area contributed by atoms with Gasteiger partial charge in [-0.15, -0.1) is 11.3 Å². The lowest BCUT2D eigenvalue weighted by Gasteiger charge is -2.30. The first-order valence-electron chi connectivity index (χ1n) is 8.79. The molecular weight excluding hydrogens is 334 g/mol. The maximum atomic E-state index is 12.4. The molecule has 1 N–H and O–H groups in total. The molecule has 2 aromatic rings. The van der Waals surface area contributed by atoms with Gasteiger partial charge >= 0.3 is 0 Å². The van der Waals surface area contributed by atoms with Crippen molar-refractivity contribution in [3.63, 3.8) is 0 Å². The number of hydrogen-bond donors (Lipinski definition) is 1. The van der Waals surface area contributed by atoms with Crippen LogP contribution >= 0.6 is 11.3 Å². The predicted molar refractivity (Wildman–Crippen MR) is 103 cm³/mol. The van der Waals surface area contributed by atoms with Crippen molar-refractivity contribution < 1.29 is 9.53 Å². The third-order valence-corrected chi connectivity index (χ3v) is 5.18. The summed E-state index contributed by atoms with van der Waals surface area (Å²) in [6, 6.07) is 7.97. The number of carbonyl (C=O) groups excluding carboxylic acids is 1. The van der Waals surface area contributed by atoms with Gasteiger partial charge in [0.15, 0.2) is 0 Å². The molecule has 2 heterocycles. The Morgan fingerprint density at radius 1 is 1.32 bits per heavy atom. The van der Waals surface area contributed by atoms with Crippen molar-refractivity contribution in [3.05, 3.63) is 40.3 Å². The highest BCUT2D eigenvalue weighted by Gasteiger charge is 2.16. The number of nitrogens with zero attached hydrogens (tertiary/aromatic N) is 2. The molecule has 0 bridgehead atoms. The maximum Gasteiger partial charge on any atom is 0.224 e. The highest BCUT2D eigenvalue weighted by molar-refractivity contribution is 7.09. The molecule has 1 amide bonds. The largest absolute Gasteiger partial charge is 0.378 e. The molecule has 134 valence electrons. The zero-order valence-corrected chi connectivity index (χ0v) is 15.6. The second-order valence-corrected chi connectivity index (χ2v) is 7.43. The van der Waals surface area contributed by atoms with Gasteiger partial charge in [-0.2, -0.15) is 0 Å². The van der Waals surface area contributed by atoms with Crippen LogP contribution in [0.5, 0.6) is 0 Å². The molecule has 0 radical (unpaired) electrons. The van der Waals surface area contributed by atoms with Crippen LogP contribution in [0.4, 0.5) is 11.4 Å². The topological polar surface area (TPSA) is 54.5 Å². The fraction of sp³-hybridized carbons (Fsp3) is 0.474. The summed E-state index contributed by atoms with van der Waals surface area (Å²) in [7, 11) is 0. The molecule has 0 atom stereocenters. The molecule has 1 saturated heterocycles. The summed E-state index contributed by atoms with van der Waals surface area (Å²) < 4.78 is 5.41. The van der Waals surface area contributed by atoms with E-state index < -0.39 is 0 Å². The van der Waals surface area contributed by atoms with Gasteiger partial charge in [0, 0.05) is 31.3 Å². The lowest BCUT2D eigenvalue weighted by Crippen LogP contribution is -2.36. The van der Waals surface area contributed by atoms with E-state index in [0.29, 0.717) is 18.8 Å². The van der Waals surface area contributed by atoms with Crippen molar-refractivity contribution in [2.45, 2.75) is 32.6 Å². The molecule has 0 aliphatic carbocycles. The number of thiazole rings is 1. The summed E-state index contributed by atoms with van der Waals surface area (Å²) in [5.74, 6) is 0.459. The standard InChI is InChI=1S/C19H25N3O2S/c1-14(2)16-13-25-19(21-16)8-7-18(23)20-15-5-3-4-6-17(15)22-9-11-24-12-10-22/h3-6,13-14H,7-12H2,1-2H3,(H,20,23). The van der Waals surface area contributed by atoms with E-state index in [2.05, 4.69) is 40.5 Å². The van der Waals surface area contributed by atoms with E-state index in [-0.39, 0.29) is 5.91 Å². The van der Waals surface area contributed by atoms with E-state index in [0.717, 1.165) is 48.4 Å². The minimum absolute atomic E-state index is 0.0296. The first-order valence-corrected chi connectivity index (χ1v) is 9.67. The number of nitrogens with one attached hydrogen (secondary N) is 1. The third kappa shape index (κ3) is 4.80. The summed E-state index contributed by atoms with van der Waals surface area (Å²) >= 11 is 1.64. The summed E-state index contributed by atoms with van der Waals surface area (Å²) in [6.07, 6.45) is 1.13. The Bertz CT molecular complexity index is 708. The van der Waals surface area contributed by atoms with E-state index in [1.807, 2.05) is 18.2 Å². The summed E-state index contributed by atoms with van der Waals surface area (Å²) in [4.78, 5) is 19.2. The van der Waals surface area contributed by atoms with Gasteiger partial charge in [-0.3, -0.25) is 4.79 Å². The molecule has 3 rings (SSSR count). The zero-order valence-electron chi connectivity index (χ0n) is 14.8. The number of ether oxygens (including phenoxy) is 1. The Morgan fingerprint density at radius 2 is 2.08 bits per heavy atom. The Balaban J connectivity index is 1.59. The van der Waals surface area contributed by atoms with Crippen LogP contribution in [0.2, 0.25) is 0 Å². The molecule has 1 aliphatic heterocycles. The van der Waals surface area contributed by atoms with Gasteiger partial charge in [0.05, 0.1) is 35.3 Å². The molecule has 0 spiro atoms. The van der Waals surface area contributed by atoms with E-state index in [1.165, 1.54) is 0 Å². The monoisotopic (exact) mass is 359 g/mol. The lowest BCUT2D eigenvalue weighted by atomic mass is 10.2. The van der Waals surface area contributed by atoms with Gasteiger partial charge in [0.25, 0.3) is 0 Å². The number of carbonyl (C=O) groups is 1. The van der Waals surface area contributed by atoms with E-state index in [9.17, 15) is 4.79 Å². The summed E-state index contributed by atoms with van der Waals surface area (Å²) in [5, 5.41) is 6.18. The van der Waals surface area contributed by atoms with Crippen molar-refractivity contribution in [1.82, 2.24) is 4.98 Å². The fourth-order valence-corrected chi connectivity index (χ4v) is 3.76. The molecule has 1 fully saturated rings. The number of amides is 1. The predicted octanol–water partition coefficient (Wildman–Crippen LogP) is 3.67. The number of anilines is 2. The Hall–Kier alpha value is -1.92. The number of aromatic nitrogens is 1. The fourth-order valence-electron chi connectivity index (χ4n) is 2.80. The average Bonchev–Trinajstić information content (AvgIpc) is 3.11. The van der Waals surface area contributed by atoms with Crippen LogP contribution in [0.15, 0.2) is 29.6 Å². The van der Waals surface area contributed by atoms with E-state index in [1.54, 1.807) is 11.3 Å². The van der Waals surface area contributed by atoms with Crippen LogP contribution in [-0.4, -0.2) is 37.2 Å². The average molecular weight is 359 g/mol. The highest BCUT2D eigenvalue weighted by Crippen LogP contribution is 2.26.